The lowest BCUT2D eigenvalue weighted by Crippen LogP contribution is -2.39. The summed E-state index contributed by atoms with van der Waals surface area (Å²) < 4.78 is 24.3. The lowest BCUT2D eigenvalue weighted by Gasteiger charge is -2.12. The molecule has 0 amide bonds. The first-order valence-electron chi connectivity index (χ1n) is 7.76. The molecule has 138 valence electrons. The molecule has 0 radical (unpaired) electrons. The number of aryl methyl sites for hydroxylation is 2. The van der Waals surface area contributed by atoms with Crippen molar-refractivity contribution in [2.24, 2.45) is 4.99 Å². The molecule has 24 heavy (non-hydrogen) atoms. The van der Waals surface area contributed by atoms with Gasteiger partial charge in [0.05, 0.1) is 6.26 Å². The van der Waals surface area contributed by atoms with E-state index < -0.39 is 10.0 Å². The van der Waals surface area contributed by atoms with Gasteiger partial charge < -0.3 is 10.6 Å². The van der Waals surface area contributed by atoms with Gasteiger partial charge in [0, 0.05) is 26.7 Å². The second-order valence-corrected chi connectivity index (χ2v) is 7.52. The molecule has 0 saturated carbocycles. The first kappa shape index (κ1) is 23.1. The van der Waals surface area contributed by atoms with Crippen molar-refractivity contribution in [3.05, 3.63) is 34.9 Å². The quantitative estimate of drug-likeness (QED) is 0.234. The van der Waals surface area contributed by atoms with Crippen LogP contribution in [-0.2, 0) is 16.4 Å². The van der Waals surface area contributed by atoms with Gasteiger partial charge in [-0.25, -0.2) is 13.1 Å². The van der Waals surface area contributed by atoms with Crippen LogP contribution in [0.15, 0.2) is 23.2 Å². The Morgan fingerprint density at radius 2 is 1.62 bits per heavy atom. The number of nitrogens with zero attached hydrogens (tertiary/aromatic N) is 1. The van der Waals surface area contributed by atoms with E-state index in [1.807, 2.05) is 0 Å². The molecule has 0 aliphatic heterocycles. The van der Waals surface area contributed by atoms with Crippen LogP contribution in [-0.4, -0.2) is 47.3 Å². The maximum absolute atomic E-state index is 10.9. The Balaban J connectivity index is 0.00000529. The molecule has 0 spiro atoms. The normalized spacial score (nSPS) is 11.8. The van der Waals surface area contributed by atoms with Gasteiger partial charge in [-0.2, -0.15) is 0 Å². The molecule has 1 aromatic carbocycles. The van der Waals surface area contributed by atoms with Gasteiger partial charge in [-0.15, -0.1) is 24.0 Å². The Kier molecular flexibility index (Phi) is 11.2. The van der Waals surface area contributed by atoms with Gasteiger partial charge in [0.25, 0.3) is 0 Å². The summed E-state index contributed by atoms with van der Waals surface area (Å²) in [7, 11) is -1.38. The van der Waals surface area contributed by atoms with Crippen molar-refractivity contribution in [2.45, 2.75) is 26.7 Å². The third kappa shape index (κ3) is 10.8. The predicted molar refractivity (Wildman–Crippen MR) is 112 cm³/mol. The van der Waals surface area contributed by atoms with Crippen LogP contribution >= 0.6 is 24.0 Å². The molecule has 0 heterocycles. The molecule has 8 heteroatoms. The van der Waals surface area contributed by atoms with E-state index in [9.17, 15) is 8.42 Å². The lowest BCUT2D eigenvalue weighted by molar-refractivity contribution is 0.584. The average molecular weight is 468 g/mol. The van der Waals surface area contributed by atoms with Gasteiger partial charge in [-0.05, 0) is 32.3 Å². The highest BCUT2D eigenvalue weighted by Crippen LogP contribution is 2.08. The summed E-state index contributed by atoms with van der Waals surface area (Å²) in [5.41, 5.74) is 3.87. The monoisotopic (exact) mass is 468 g/mol. The van der Waals surface area contributed by atoms with Crippen molar-refractivity contribution in [3.63, 3.8) is 0 Å². The number of benzene rings is 1. The molecular weight excluding hydrogens is 439 g/mol. The fourth-order valence-corrected chi connectivity index (χ4v) is 2.83. The molecular formula is C16H29IN4O2S. The van der Waals surface area contributed by atoms with Crippen molar-refractivity contribution in [3.8, 4) is 0 Å². The van der Waals surface area contributed by atoms with E-state index in [4.69, 9.17) is 0 Å². The summed E-state index contributed by atoms with van der Waals surface area (Å²) in [5, 5.41) is 6.43. The summed E-state index contributed by atoms with van der Waals surface area (Å²) in [6.07, 6.45) is 2.79. The van der Waals surface area contributed by atoms with Gasteiger partial charge in [0.15, 0.2) is 5.96 Å². The Morgan fingerprint density at radius 3 is 2.17 bits per heavy atom. The van der Waals surface area contributed by atoms with Gasteiger partial charge in [0.1, 0.15) is 0 Å². The highest BCUT2D eigenvalue weighted by atomic mass is 127. The van der Waals surface area contributed by atoms with Crippen molar-refractivity contribution < 1.29 is 8.42 Å². The molecule has 1 rings (SSSR count). The number of sulfonamides is 1. The van der Waals surface area contributed by atoms with Crippen LogP contribution in [0.3, 0.4) is 0 Å². The Bertz CT molecular complexity index is 613. The zero-order valence-corrected chi connectivity index (χ0v) is 18.0. The molecule has 0 aliphatic rings. The Morgan fingerprint density at radius 1 is 1.04 bits per heavy atom. The largest absolute Gasteiger partial charge is 0.356 e. The van der Waals surface area contributed by atoms with Crippen LogP contribution in [0, 0.1) is 13.8 Å². The maximum Gasteiger partial charge on any atom is 0.208 e. The van der Waals surface area contributed by atoms with Gasteiger partial charge >= 0.3 is 0 Å². The summed E-state index contributed by atoms with van der Waals surface area (Å²) in [6.45, 7) is 6.09. The van der Waals surface area contributed by atoms with Crippen LogP contribution in [0.2, 0.25) is 0 Å². The smallest absolute Gasteiger partial charge is 0.208 e. The number of guanidine groups is 1. The van der Waals surface area contributed by atoms with E-state index in [1.165, 1.54) is 16.7 Å². The molecule has 0 atom stereocenters. The van der Waals surface area contributed by atoms with Crippen molar-refractivity contribution in [2.75, 3.05) is 32.9 Å². The number of aliphatic imine (C=N–C) groups is 1. The summed E-state index contributed by atoms with van der Waals surface area (Å²) in [4.78, 5) is 4.16. The Labute approximate surface area is 163 Å². The summed E-state index contributed by atoms with van der Waals surface area (Å²) >= 11 is 0. The minimum absolute atomic E-state index is 0. The standard InChI is InChI=1S/C16H28N4O2S.HI/c1-13-10-14(2)12-15(11-13)6-9-19-16(17-3)18-7-5-8-20-23(4,21)22;/h10-12,20H,5-9H2,1-4H3,(H2,17,18,19);1H. The molecule has 0 unspecified atom stereocenters. The number of hydrogen-bond acceptors (Lipinski definition) is 3. The summed E-state index contributed by atoms with van der Waals surface area (Å²) in [6, 6.07) is 6.56. The minimum Gasteiger partial charge on any atom is -0.356 e. The second kappa shape index (κ2) is 11.6. The Hall–Kier alpha value is -0.870. The minimum atomic E-state index is -3.11. The van der Waals surface area contributed by atoms with Crippen molar-refractivity contribution in [1.29, 1.82) is 0 Å². The van der Waals surface area contributed by atoms with E-state index in [0.717, 1.165) is 25.2 Å². The fraction of sp³-hybridized carbons (Fsp3) is 0.562. The molecule has 6 nitrogen and oxygen atoms in total. The first-order chi connectivity index (χ1) is 10.8. The van der Waals surface area contributed by atoms with Crippen LogP contribution in [0.25, 0.3) is 0 Å². The van der Waals surface area contributed by atoms with E-state index in [1.54, 1.807) is 7.05 Å². The third-order valence-electron chi connectivity index (χ3n) is 3.22. The number of halogens is 1. The molecule has 0 aliphatic carbocycles. The molecule has 0 saturated heterocycles. The molecule has 0 aromatic heterocycles. The van der Waals surface area contributed by atoms with Gasteiger partial charge in [0.2, 0.25) is 10.0 Å². The van der Waals surface area contributed by atoms with E-state index >= 15 is 0 Å². The van der Waals surface area contributed by atoms with Crippen LogP contribution in [0.5, 0.6) is 0 Å². The zero-order chi connectivity index (χ0) is 17.3. The van der Waals surface area contributed by atoms with E-state index in [0.29, 0.717) is 19.5 Å². The number of hydrogen-bond donors (Lipinski definition) is 3. The SMILES string of the molecule is CN=C(NCCCNS(C)(=O)=O)NCCc1cc(C)cc(C)c1.I. The molecule has 3 N–H and O–H groups in total. The molecule has 0 bridgehead atoms. The van der Waals surface area contributed by atoms with E-state index in [-0.39, 0.29) is 24.0 Å². The topological polar surface area (TPSA) is 82.6 Å². The molecule has 0 fully saturated rings. The average Bonchev–Trinajstić information content (AvgIpc) is 2.42. The van der Waals surface area contributed by atoms with Crippen LogP contribution in [0.4, 0.5) is 0 Å². The van der Waals surface area contributed by atoms with Crippen molar-refractivity contribution in [1.82, 2.24) is 15.4 Å². The third-order valence-corrected chi connectivity index (χ3v) is 3.95. The van der Waals surface area contributed by atoms with Crippen LogP contribution in [0.1, 0.15) is 23.1 Å². The summed E-state index contributed by atoms with van der Waals surface area (Å²) in [5.74, 6) is 0.730. The van der Waals surface area contributed by atoms with Gasteiger partial charge in [-0.3, -0.25) is 4.99 Å². The highest BCUT2D eigenvalue weighted by Gasteiger charge is 2.01. The second-order valence-electron chi connectivity index (χ2n) is 5.69. The maximum atomic E-state index is 10.9. The first-order valence-corrected chi connectivity index (χ1v) is 9.65. The fourth-order valence-electron chi connectivity index (χ4n) is 2.31. The van der Waals surface area contributed by atoms with Crippen molar-refractivity contribution >= 4 is 40.0 Å². The highest BCUT2D eigenvalue weighted by molar-refractivity contribution is 14.0. The molecule has 1 aromatic rings. The van der Waals surface area contributed by atoms with E-state index in [2.05, 4.69) is 52.4 Å². The number of nitrogens with one attached hydrogen (secondary N) is 3. The number of rotatable bonds is 8. The van der Waals surface area contributed by atoms with Crippen LogP contribution < -0.4 is 15.4 Å². The lowest BCUT2D eigenvalue weighted by atomic mass is 10.1. The van der Waals surface area contributed by atoms with Gasteiger partial charge in [-0.1, -0.05) is 29.3 Å². The zero-order valence-electron chi connectivity index (χ0n) is 14.8. The predicted octanol–water partition coefficient (Wildman–Crippen LogP) is 1.57.